The molecule has 0 spiro atoms. The number of Topliss-reactive ketones (excluding diaryl/α,β-unsaturated/α-hetero) is 1. The second-order valence-electron chi connectivity index (χ2n) is 2.42. The van der Waals surface area contributed by atoms with Crippen molar-refractivity contribution < 1.29 is 15.4 Å². The van der Waals surface area contributed by atoms with Crippen LogP contribution < -0.4 is 0 Å². The molecule has 0 aromatic carbocycles. The van der Waals surface area contributed by atoms with Gasteiger partial charge in [0.15, 0.2) is 0 Å². The third kappa shape index (κ3) is 9.59. The van der Waals surface area contributed by atoms with Gasteiger partial charge >= 0.3 is 0 Å². The van der Waals surface area contributed by atoms with Crippen LogP contribution >= 0.6 is 0 Å². The van der Waals surface area contributed by atoms with E-state index >= 15 is 0 Å². The highest BCUT2D eigenvalue weighted by Crippen LogP contribution is 2.12. The Balaban J connectivity index is 0. The van der Waals surface area contributed by atoms with E-state index in [1.165, 1.54) is 6.42 Å². The van der Waals surface area contributed by atoms with E-state index in [0.29, 0.717) is 5.78 Å². The van der Waals surface area contributed by atoms with Gasteiger partial charge in [0, 0.05) is 19.4 Å². The summed E-state index contributed by atoms with van der Waals surface area (Å²) in [6.45, 7) is 1.93. The highest BCUT2D eigenvalue weighted by atomic mass is 16.2. The average molecular weight is 162 g/mol. The van der Waals surface area contributed by atoms with E-state index in [4.69, 9.17) is 5.11 Å². The van der Waals surface area contributed by atoms with Crippen molar-refractivity contribution >= 4 is 5.78 Å². The number of ketones is 1. The molecular formula is C8H18O3. The van der Waals surface area contributed by atoms with E-state index in [1.54, 1.807) is 6.92 Å². The summed E-state index contributed by atoms with van der Waals surface area (Å²) in [7, 11) is 0. The van der Waals surface area contributed by atoms with Gasteiger partial charge in [0.1, 0.15) is 5.78 Å². The summed E-state index contributed by atoms with van der Waals surface area (Å²) in [5.41, 5.74) is 0. The van der Waals surface area contributed by atoms with Crippen LogP contribution in [-0.2, 0) is 4.79 Å². The van der Waals surface area contributed by atoms with Gasteiger partial charge in [-0.3, -0.25) is 4.79 Å². The zero-order valence-electron chi connectivity index (χ0n) is 7.10. The standard InChI is InChI=1S/C6H10O.C2H6O.H2O/c7-6-4-2-1-3-5-6;1-2-3;/h1-5H2;3H,2H2,1H3;1H2. The smallest absolute Gasteiger partial charge is 0.132 e. The van der Waals surface area contributed by atoms with E-state index in [1.807, 2.05) is 0 Å². The molecule has 3 N–H and O–H groups in total. The lowest BCUT2D eigenvalue weighted by molar-refractivity contribution is -0.120. The molecule has 1 aliphatic carbocycles. The van der Waals surface area contributed by atoms with Crippen LogP contribution in [0, 0.1) is 0 Å². The molecule has 0 unspecified atom stereocenters. The molecule has 3 heteroatoms. The minimum Gasteiger partial charge on any atom is -0.412 e. The summed E-state index contributed by atoms with van der Waals surface area (Å²) < 4.78 is 0. The largest absolute Gasteiger partial charge is 0.412 e. The van der Waals surface area contributed by atoms with Gasteiger partial charge in [-0.1, -0.05) is 6.42 Å². The van der Waals surface area contributed by atoms with Crippen molar-refractivity contribution in [2.24, 2.45) is 0 Å². The summed E-state index contributed by atoms with van der Waals surface area (Å²) in [4.78, 5) is 10.5. The lowest BCUT2D eigenvalue weighted by atomic mass is 10.00. The summed E-state index contributed by atoms with van der Waals surface area (Å²) in [5, 5.41) is 7.57. The Morgan fingerprint density at radius 2 is 1.64 bits per heavy atom. The molecule has 0 amide bonds. The van der Waals surface area contributed by atoms with E-state index < -0.39 is 0 Å². The van der Waals surface area contributed by atoms with Crippen molar-refractivity contribution in [1.82, 2.24) is 0 Å². The van der Waals surface area contributed by atoms with Crippen LogP contribution in [0.1, 0.15) is 39.0 Å². The highest BCUT2D eigenvalue weighted by molar-refractivity contribution is 5.78. The van der Waals surface area contributed by atoms with Gasteiger partial charge in [-0.05, 0) is 19.8 Å². The Kier molecular flexibility index (Phi) is 11.5. The first-order valence-electron chi connectivity index (χ1n) is 3.93. The SMILES string of the molecule is CCO.O.O=C1CCCCC1. The summed E-state index contributed by atoms with van der Waals surface area (Å²) in [6, 6.07) is 0. The molecule has 0 heterocycles. The van der Waals surface area contributed by atoms with Gasteiger partial charge in [-0.2, -0.15) is 0 Å². The van der Waals surface area contributed by atoms with Crippen LogP contribution in [-0.4, -0.2) is 23.0 Å². The molecule has 0 aromatic heterocycles. The molecule has 0 atom stereocenters. The van der Waals surface area contributed by atoms with Crippen LogP contribution in [0.5, 0.6) is 0 Å². The normalized spacial score (nSPS) is 16.0. The Morgan fingerprint density at radius 3 is 1.82 bits per heavy atom. The minimum absolute atomic E-state index is 0. The molecule has 0 aliphatic heterocycles. The zero-order valence-corrected chi connectivity index (χ0v) is 7.10. The maximum atomic E-state index is 10.5. The van der Waals surface area contributed by atoms with Gasteiger partial charge < -0.3 is 10.6 Å². The third-order valence-corrected chi connectivity index (χ3v) is 1.41. The number of aliphatic hydroxyl groups is 1. The van der Waals surface area contributed by atoms with Crippen molar-refractivity contribution in [3.05, 3.63) is 0 Å². The number of carbonyl (C=O) groups is 1. The van der Waals surface area contributed by atoms with Gasteiger partial charge in [0.2, 0.25) is 0 Å². The Bertz CT molecular complexity index is 83.3. The predicted octanol–water partition coefficient (Wildman–Crippen LogP) is 0.694. The number of hydrogen-bond acceptors (Lipinski definition) is 2. The lowest BCUT2D eigenvalue weighted by Crippen LogP contribution is -2.02. The van der Waals surface area contributed by atoms with E-state index in [0.717, 1.165) is 25.7 Å². The second-order valence-corrected chi connectivity index (χ2v) is 2.42. The molecule has 0 radical (unpaired) electrons. The summed E-state index contributed by atoms with van der Waals surface area (Å²) >= 11 is 0. The lowest BCUT2D eigenvalue weighted by Gasteiger charge is -2.05. The predicted molar refractivity (Wildman–Crippen MR) is 44.5 cm³/mol. The van der Waals surface area contributed by atoms with Crippen LogP contribution in [0.4, 0.5) is 0 Å². The van der Waals surface area contributed by atoms with Crippen molar-refractivity contribution in [2.45, 2.75) is 39.0 Å². The van der Waals surface area contributed by atoms with E-state index in [-0.39, 0.29) is 12.1 Å². The van der Waals surface area contributed by atoms with Crippen molar-refractivity contribution in [3.8, 4) is 0 Å². The minimum atomic E-state index is 0. The molecule has 1 saturated carbocycles. The molecule has 0 saturated heterocycles. The zero-order chi connectivity index (χ0) is 7.82. The first-order chi connectivity index (χ1) is 4.81. The molecule has 0 aromatic rings. The van der Waals surface area contributed by atoms with Crippen LogP contribution in [0.2, 0.25) is 0 Å². The van der Waals surface area contributed by atoms with Crippen molar-refractivity contribution in [2.75, 3.05) is 6.61 Å². The monoisotopic (exact) mass is 162 g/mol. The topological polar surface area (TPSA) is 68.8 Å². The molecular weight excluding hydrogens is 144 g/mol. The molecule has 68 valence electrons. The Morgan fingerprint density at radius 1 is 1.27 bits per heavy atom. The number of aliphatic hydroxyl groups excluding tert-OH is 1. The van der Waals surface area contributed by atoms with Crippen molar-refractivity contribution in [3.63, 3.8) is 0 Å². The van der Waals surface area contributed by atoms with Gasteiger partial charge in [-0.15, -0.1) is 0 Å². The second kappa shape index (κ2) is 9.59. The fraction of sp³-hybridized carbons (Fsp3) is 0.875. The molecule has 1 rings (SSSR count). The van der Waals surface area contributed by atoms with Gasteiger partial charge in [0.05, 0.1) is 0 Å². The molecule has 0 bridgehead atoms. The molecule has 1 aliphatic rings. The maximum Gasteiger partial charge on any atom is 0.132 e. The highest BCUT2D eigenvalue weighted by Gasteiger charge is 2.05. The quantitative estimate of drug-likeness (QED) is 0.569. The third-order valence-electron chi connectivity index (χ3n) is 1.41. The number of carbonyl (C=O) groups excluding carboxylic acids is 1. The van der Waals surface area contributed by atoms with Crippen LogP contribution in [0.15, 0.2) is 0 Å². The Hall–Kier alpha value is -0.410. The first-order valence-corrected chi connectivity index (χ1v) is 3.93. The van der Waals surface area contributed by atoms with Crippen molar-refractivity contribution in [1.29, 1.82) is 0 Å². The summed E-state index contributed by atoms with van der Waals surface area (Å²) in [5.74, 6) is 0.464. The Labute approximate surface area is 67.7 Å². The van der Waals surface area contributed by atoms with Gasteiger partial charge in [-0.25, -0.2) is 0 Å². The fourth-order valence-corrected chi connectivity index (χ4v) is 0.946. The number of rotatable bonds is 0. The average Bonchev–Trinajstić information content (AvgIpc) is 1.91. The van der Waals surface area contributed by atoms with E-state index in [9.17, 15) is 4.79 Å². The van der Waals surface area contributed by atoms with E-state index in [2.05, 4.69) is 0 Å². The number of hydrogen-bond donors (Lipinski definition) is 1. The summed E-state index contributed by atoms with van der Waals surface area (Å²) in [6.07, 6.45) is 5.24. The first kappa shape index (κ1) is 13.2. The fourth-order valence-electron chi connectivity index (χ4n) is 0.946. The van der Waals surface area contributed by atoms with Crippen LogP contribution in [0.25, 0.3) is 0 Å². The maximum absolute atomic E-state index is 10.5. The molecule has 1 fully saturated rings. The van der Waals surface area contributed by atoms with Gasteiger partial charge in [0.25, 0.3) is 0 Å². The van der Waals surface area contributed by atoms with Crippen LogP contribution in [0.3, 0.4) is 0 Å². The molecule has 11 heavy (non-hydrogen) atoms. The molecule has 3 nitrogen and oxygen atoms in total.